The number of nitrogens with two attached hydrogens (primary N) is 1. The molecule has 1 unspecified atom stereocenters. The van der Waals surface area contributed by atoms with Crippen molar-refractivity contribution < 1.29 is 5.11 Å². The quantitative estimate of drug-likeness (QED) is 0.682. The van der Waals surface area contributed by atoms with Crippen LogP contribution in [0.3, 0.4) is 0 Å². The molecule has 1 aliphatic carbocycles. The summed E-state index contributed by atoms with van der Waals surface area (Å²) in [5, 5.41) is 9.65. The van der Waals surface area contributed by atoms with Gasteiger partial charge >= 0.3 is 0 Å². The molecule has 3 N–H and O–H groups in total. The fourth-order valence-corrected chi connectivity index (χ4v) is 1.83. The number of phenols is 1. The fraction of sp³-hybridized carbons (Fsp3) is 0.273. The highest BCUT2D eigenvalue weighted by atomic mass is 16.3. The molecular weight excluding hydrogens is 162 g/mol. The number of benzene rings is 1. The number of hydrogen-bond donors (Lipinski definition) is 2. The van der Waals surface area contributed by atoms with Crippen LogP contribution < -0.4 is 5.73 Å². The van der Waals surface area contributed by atoms with Crippen LogP contribution in [-0.2, 0) is 6.42 Å². The second-order valence-electron chi connectivity index (χ2n) is 3.46. The first kappa shape index (κ1) is 8.32. The van der Waals surface area contributed by atoms with Gasteiger partial charge in [-0.2, -0.15) is 0 Å². The molecule has 1 atom stereocenters. The Morgan fingerprint density at radius 2 is 2.23 bits per heavy atom. The van der Waals surface area contributed by atoms with E-state index < -0.39 is 0 Å². The summed E-state index contributed by atoms with van der Waals surface area (Å²) >= 11 is 0. The predicted octanol–water partition coefficient (Wildman–Crippen LogP) is 1.68. The topological polar surface area (TPSA) is 46.2 Å². The van der Waals surface area contributed by atoms with Gasteiger partial charge in [-0.3, -0.25) is 0 Å². The molecule has 0 radical (unpaired) electrons. The first-order valence-corrected chi connectivity index (χ1v) is 4.47. The zero-order valence-electron chi connectivity index (χ0n) is 7.62. The first-order chi connectivity index (χ1) is 6.20. The Bertz CT molecular complexity index is 366. The number of hydrogen-bond acceptors (Lipinski definition) is 2. The monoisotopic (exact) mass is 175 g/mol. The minimum absolute atomic E-state index is 0.00505. The molecule has 0 aliphatic heterocycles. The van der Waals surface area contributed by atoms with Crippen molar-refractivity contribution in [2.75, 3.05) is 0 Å². The molecule has 0 amide bonds. The van der Waals surface area contributed by atoms with Crippen LogP contribution in [0, 0.1) is 0 Å². The molecule has 0 aromatic heterocycles. The summed E-state index contributed by atoms with van der Waals surface area (Å²) in [5.41, 5.74) is 8.98. The van der Waals surface area contributed by atoms with Crippen LogP contribution in [0.5, 0.6) is 5.75 Å². The summed E-state index contributed by atoms with van der Waals surface area (Å²) in [5.74, 6) is 0.346. The molecule has 2 heteroatoms. The Labute approximate surface area is 77.7 Å². The van der Waals surface area contributed by atoms with Crippen molar-refractivity contribution >= 4 is 5.57 Å². The third-order valence-corrected chi connectivity index (χ3v) is 2.45. The smallest absolute Gasteiger partial charge is 0.123 e. The van der Waals surface area contributed by atoms with Crippen molar-refractivity contribution in [3.8, 4) is 5.75 Å². The lowest BCUT2D eigenvalue weighted by atomic mass is 10.0. The van der Waals surface area contributed by atoms with Crippen LogP contribution in [-0.4, -0.2) is 11.1 Å². The maximum Gasteiger partial charge on any atom is 0.123 e. The maximum absolute atomic E-state index is 9.65. The Morgan fingerprint density at radius 3 is 2.92 bits per heavy atom. The molecule has 2 nitrogen and oxygen atoms in total. The number of phenolic OH excluding ortho intramolecular Hbond substituents is 1. The van der Waals surface area contributed by atoms with Crippen molar-refractivity contribution in [1.29, 1.82) is 0 Å². The van der Waals surface area contributed by atoms with E-state index in [4.69, 9.17) is 5.73 Å². The minimum atomic E-state index is -0.00505. The van der Waals surface area contributed by atoms with Crippen molar-refractivity contribution in [3.63, 3.8) is 0 Å². The van der Waals surface area contributed by atoms with E-state index in [1.54, 1.807) is 6.07 Å². The molecule has 0 fully saturated rings. The van der Waals surface area contributed by atoms with Gasteiger partial charge in [0, 0.05) is 11.6 Å². The van der Waals surface area contributed by atoms with E-state index in [-0.39, 0.29) is 6.04 Å². The Balaban J connectivity index is 2.54. The summed E-state index contributed by atoms with van der Waals surface area (Å²) in [6, 6.07) is 5.60. The number of rotatable bonds is 1. The van der Waals surface area contributed by atoms with Crippen molar-refractivity contribution in [1.82, 2.24) is 0 Å². The Kier molecular flexibility index (Phi) is 1.85. The van der Waals surface area contributed by atoms with Gasteiger partial charge < -0.3 is 10.8 Å². The van der Waals surface area contributed by atoms with Crippen molar-refractivity contribution in [2.45, 2.75) is 19.4 Å². The minimum Gasteiger partial charge on any atom is -0.507 e. The summed E-state index contributed by atoms with van der Waals surface area (Å²) < 4.78 is 0. The second-order valence-corrected chi connectivity index (χ2v) is 3.46. The summed E-state index contributed by atoms with van der Waals surface area (Å²) in [6.45, 7) is 1.94. The van der Waals surface area contributed by atoms with Gasteiger partial charge in [0.2, 0.25) is 0 Å². The van der Waals surface area contributed by atoms with E-state index in [1.165, 1.54) is 5.56 Å². The third-order valence-electron chi connectivity index (χ3n) is 2.45. The van der Waals surface area contributed by atoms with E-state index in [2.05, 4.69) is 6.08 Å². The molecule has 68 valence electrons. The van der Waals surface area contributed by atoms with Gasteiger partial charge in [-0.25, -0.2) is 0 Å². The number of fused-ring (bicyclic) bond motifs is 1. The van der Waals surface area contributed by atoms with Crippen molar-refractivity contribution in [3.05, 3.63) is 35.4 Å². The van der Waals surface area contributed by atoms with Crippen LogP contribution in [0.15, 0.2) is 24.3 Å². The largest absolute Gasteiger partial charge is 0.507 e. The average molecular weight is 175 g/mol. The average Bonchev–Trinajstić information content (AvgIpc) is 2.49. The molecule has 0 bridgehead atoms. The van der Waals surface area contributed by atoms with Crippen LogP contribution in [0.4, 0.5) is 0 Å². The zero-order chi connectivity index (χ0) is 9.42. The fourth-order valence-electron chi connectivity index (χ4n) is 1.83. The van der Waals surface area contributed by atoms with Gasteiger partial charge in [0.05, 0.1) is 0 Å². The van der Waals surface area contributed by atoms with E-state index in [0.717, 1.165) is 17.6 Å². The van der Waals surface area contributed by atoms with Gasteiger partial charge in [-0.05, 0) is 30.5 Å². The molecule has 0 heterocycles. The highest BCUT2D eigenvalue weighted by Gasteiger charge is 2.19. The zero-order valence-corrected chi connectivity index (χ0v) is 7.62. The summed E-state index contributed by atoms with van der Waals surface area (Å²) in [7, 11) is 0. The molecule has 2 rings (SSSR count). The normalized spacial score (nSPS) is 16.6. The molecule has 0 saturated carbocycles. The van der Waals surface area contributed by atoms with Crippen LogP contribution in [0.2, 0.25) is 0 Å². The Hall–Kier alpha value is -1.28. The molecule has 1 aromatic rings. The number of allylic oxidation sites excluding steroid dienone is 1. The lowest BCUT2D eigenvalue weighted by Gasteiger charge is -2.10. The van der Waals surface area contributed by atoms with Gasteiger partial charge in [-0.1, -0.05) is 18.2 Å². The summed E-state index contributed by atoms with van der Waals surface area (Å²) in [4.78, 5) is 0. The van der Waals surface area contributed by atoms with Gasteiger partial charge in [0.15, 0.2) is 0 Å². The van der Waals surface area contributed by atoms with E-state index in [0.29, 0.717) is 5.75 Å². The molecule has 1 aliphatic rings. The van der Waals surface area contributed by atoms with Gasteiger partial charge in [-0.15, -0.1) is 0 Å². The second kappa shape index (κ2) is 2.89. The molecule has 13 heavy (non-hydrogen) atoms. The molecule has 0 spiro atoms. The highest BCUT2D eigenvalue weighted by Crippen LogP contribution is 2.35. The lowest BCUT2D eigenvalue weighted by Crippen LogP contribution is -2.16. The Morgan fingerprint density at radius 1 is 1.46 bits per heavy atom. The highest BCUT2D eigenvalue weighted by molar-refractivity contribution is 5.79. The molecule has 1 aromatic carbocycles. The van der Waals surface area contributed by atoms with Crippen LogP contribution in [0.25, 0.3) is 5.57 Å². The van der Waals surface area contributed by atoms with E-state index >= 15 is 0 Å². The van der Waals surface area contributed by atoms with E-state index in [1.807, 2.05) is 19.1 Å². The summed E-state index contributed by atoms with van der Waals surface area (Å²) in [6.07, 6.45) is 2.98. The predicted molar refractivity (Wildman–Crippen MR) is 53.4 cm³/mol. The molecular formula is C11H13NO. The SMILES string of the molecule is CC(N)C1=CCc2cccc(O)c21. The first-order valence-electron chi connectivity index (χ1n) is 4.47. The standard InChI is InChI=1S/C11H13NO/c1-7(12)9-6-5-8-3-2-4-10(13)11(8)9/h2-4,6-7,13H,5,12H2,1H3. The van der Waals surface area contributed by atoms with Gasteiger partial charge in [0.1, 0.15) is 5.75 Å². The number of aromatic hydroxyl groups is 1. The van der Waals surface area contributed by atoms with Crippen LogP contribution >= 0.6 is 0 Å². The maximum atomic E-state index is 9.65. The molecule has 0 saturated heterocycles. The van der Waals surface area contributed by atoms with Crippen LogP contribution in [0.1, 0.15) is 18.1 Å². The lowest BCUT2D eigenvalue weighted by molar-refractivity contribution is 0.473. The van der Waals surface area contributed by atoms with E-state index in [9.17, 15) is 5.11 Å². The third kappa shape index (κ3) is 1.23. The van der Waals surface area contributed by atoms with Crippen molar-refractivity contribution in [2.24, 2.45) is 5.73 Å². The van der Waals surface area contributed by atoms with Gasteiger partial charge in [0.25, 0.3) is 0 Å².